The average molecular weight is 311 g/mol. The maximum Gasteiger partial charge on any atom is 0.435 e. The van der Waals surface area contributed by atoms with Crippen LogP contribution in [0, 0.1) is 6.92 Å². The van der Waals surface area contributed by atoms with Gasteiger partial charge in [0.25, 0.3) is 0 Å². The Bertz CT molecular complexity index is 660. The Morgan fingerprint density at radius 2 is 1.91 bits per heavy atom. The molecule has 0 saturated carbocycles. The number of carbonyl (C=O) groups is 1. The molecular formula is C15H16F3N3O. The third-order valence-corrected chi connectivity index (χ3v) is 3.21. The molecule has 0 unspecified atom stereocenters. The number of carbonyl (C=O) groups excluding carboxylic acids is 1. The van der Waals surface area contributed by atoms with Crippen molar-refractivity contribution in [3.05, 3.63) is 47.3 Å². The normalized spacial score (nSPS) is 11.5. The van der Waals surface area contributed by atoms with Crippen LogP contribution >= 0.6 is 0 Å². The maximum absolute atomic E-state index is 12.6. The summed E-state index contributed by atoms with van der Waals surface area (Å²) in [5.74, 6) is -0.427. The van der Waals surface area contributed by atoms with Crippen molar-refractivity contribution in [1.82, 2.24) is 9.78 Å². The first-order valence-corrected chi connectivity index (χ1v) is 6.80. The van der Waals surface area contributed by atoms with Gasteiger partial charge in [-0.3, -0.25) is 9.48 Å². The van der Waals surface area contributed by atoms with Crippen LogP contribution in [0.3, 0.4) is 0 Å². The third kappa shape index (κ3) is 3.87. The Morgan fingerprint density at radius 3 is 2.41 bits per heavy atom. The molecule has 1 aromatic heterocycles. The fraction of sp³-hybridized carbons (Fsp3) is 0.333. The largest absolute Gasteiger partial charge is 0.435 e. The SMILES string of the molecule is CCc1ccc(NC(=O)Cn2nc(C(F)(F)F)cc2C)cc1. The van der Waals surface area contributed by atoms with E-state index in [4.69, 9.17) is 0 Å². The van der Waals surface area contributed by atoms with Gasteiger partial charge in [0.15, 0.2) is 5.69 Å². The lowest BCUT2D eigenvalue weighted by atomic mass is 10.1. The molecule has 1 N–H and O–H groups in total. The van der Waals surface area contributed by atoms with Crippen LogP contribution in [0.5, 0.6) is 0 Å². The van der Waals surface area contributed by atoms with Gasteiger partial charge in [0.2, 0.25) is 5.91 Å². The number of anilines is 1. The molecule has 1 aromatic carbocycles. The summed E-state index contributed by atoms with van der Waals surface area (Å²) >= 11 is 0. The lowest BCUT2D eigenvalue weighted by Crippen LogP contribution is -2.20. The summed E-state index contributed by atoms with van der Waals surface area (Å²) in [4.78, 5) is 11.9. The summed E-state index contributed by atoms with van der Waals surface area (Å²) in [5.41, 5.74) is 1.02. The van der Waals surface area contributed by atoms with Crippen LogP contribution in [0.25, 0.3) is 0 Å². The Kier molecular flexibility index (Phi) is 4.54. The van der Waals surface area contributed by atoms with Gasteiger partial charge >= 0.3 is 6.18 Å². The molecule has 4 nitrogen and oxygen atoms in total. The van der Waals surface area contributed by atoms with Crippen LogP contribution in [0.4, 0.5) is 18.9 Å². The van der Waals surface area contributed by atoms with Gasteiger partial charge < -0.3 is 5.32 Å². The predicted molar refractivity (Wildman–Crippen MR) is 76.4 cm³/mol. The minimum Gasteiger partial charge on any atom is -0.324 e. The topological polar surface area (TPSA) is 46.9 Å². The molecule has 22 heavy (non-hydrogen) atoms. The zero-order valence-electron chi connectivity index (χ0n) is 12.2. The summed E-state index contributed by atoms with van der Waals surface area (Å²) in [7, 11) is 0. The highest BCUT2D eigenvalue weighted by molar-refractivity contribution is 5.90. The van der Waals surface area contributed by atoms with E-state index in [-0.39, 0.29) is 12.2 Å². The molecule has 118 valence electrons. The first-order chi connectivity index (χ1) is 10.3. The number of hydrogen-bond donors (Lipinski definition) is 1. The van der Waals surface area contributed by atoms with Gasteiger partial charge in [-0.1, -0.05) is 19.1 Å². The molecule has 0 bridgehead atoms. The van der Waals surface area contributed by atoms with E-state index in [2.05, 4.69) is 10.4 Å². The van der Waals surface area contributed by atoms with E-state index >= 15 is 0 Å². The van der Waals surface area contributed by atoms with Crippen molar-refractivity contribution in [3.63, 3.8) is 0 Å². The smallest absolute Gasteiger partial charge is 0.324 e. The van der Waals surface area contributed by atoms with Crippen molar-refractivity contribution >= 4 is 11.6 Å². The highest BCUT2D eigenvalue weighted by Gasteiger charge is 2.34. The fourth-order valence-corrected chi connectivity index (χ4v) is 1.97. The zero-order chi connectivity index (χ0) is 16.3. The van der Waals surface area contributed by atoms with Crippen molar-refractivity contribution in [1.29, 1.82) is 0 Å². The number of aromatic nitrogens is 2. The molecule has 1 amide bonds. The molecule has 2 aromatic rings. The van der Waals surface area contributed by atoms with Gasteiger partial charge in [-0.2, -0.15) is 18.3 Å². The van der Waals surface area contributed by atoms with Crippen LogP contribution in [0.2, 0.25) is 0 Å². The summed E-state index contributed by atoms with van der Waals surface area (Å²) in [5, 5.41) is 6.06. The maximum atomic E-state index is 12.6. The molecule has 0 atom stereocenters. The number of amides is 1. The average Bonchev–Trinajstić information content (AvgIpc) is 2.81. The zero-order valence-corrected chi connectivity index (χ0v) is 12.2. The third-order valence-electron chi connectivity index (χ3n) is 3.21. The van der Waals surface area contributed by atoms with Crippen molar-refractivity contribution in [2.24, 2.45) is 0 Å². The summed E-state index contributed by atoms with van der Waals surface area (Å²) < 4.78 is 38.7. The number of benzene rings is 1. The fourth-order valence-electron chi connectivity index (χ4n) is 1.97. The van der Waals surface area contributed by atoms with E-state index in [0.717, 1.165) is 22.7 Å². The molecule has 0 fully saturated rings. The Morgan fingerprint density at radius 1 is 1.27 bits per heavy atom. The number of alkyl halides is 3. The minimum atomic E-state index is -4.51. The monoisotopic (exact) mass is 311 g/mol. The lowest BCUT2D eigenvalue weighted by Gasteiger charge is -2.07. The molecule has 7 heteroatoms. The standard InChI is InChI=1S/C15H16F3N3O/c1-3-11-4-6-12(7-5-11)19-14(22)9-21-10(2)8-13(20-21)15(16,17)18/h4-8H,3,9H2,1-2H3,(H,19,22). The van der Waals surface area contributed by atoms with Crippen LogP contribution in [0.15, 0.2) is 30.3 Å². The second-order valence-corrected chi connectivity index (χ2v) is 4.93. The predicted octanol–water partition coefficient (Wildman–Crippen LogP) is 3.41. The van der Waals surface area contributed by atoms with E-state index < -0.39 is 17.8 Å². The van der Waals surface area contributed by atoms with Gasteiger partial charge in [0.05, 0.1) is 0 Å². The minimum absolute atomic E-state index is 0.266. The number of nitrogens with zero attached hydrogens (tertiary/aromatic N) is 2. The van der Waals surface area contributed by atoms with Crippen LogP contribution in [-0.4, -0.2) is 15.7 Å². The number of rotatable bonds is 4. The van der Waals surface area contributed by atoms with E-state index in [9.17, 15) is 18.0 Å². The van der Waals surface area contributed by atoms with Crippen LogP contribution < -0.4 is 5.32 Å². The van der Waals surface area contributed by atoms with E-state index in [1.165, 1.54) is 6.92 Å². The van der Waals surface area contributed by atoms with Crippen LogP contribution in [-0.2, 0) is 23.9 Å². The van der Waals surface area contributed by atoms with Crippen molar-refractivity contribution in [3.8, 4) is 0 Å². The Balaban J connectivity index is 2.04. The van der Waals surface area contributed by atoms with Gasteiger partial charge in [0.1, 0.15) is 6.54 Å². The van der Waals surface area contributed by atoms with Gasteiger partial charge in [0, 0.05) is 11.4 Å². The number of aryl methyl sites for hydroxylation is 2. The summed E-state index contributed by atoms with van der Waals surface area (Å²) in [6.07, 6.45) is -3.62. The van der Waals surface area contributed by atoms with Crippen LogP contribution in [0.1, 0.15) is 23.9 Å². The Hall–Kier alpha value is -2.31. The molecular weight excluding hydrogens is 295 g/mol. The number of halogens is 3. The molecule has 0 radical (unpaired) electrons. The van der Waals surface area contributed by atoms with E-state index in [0.29, 0.717) is 5.69 Å². The second-order valence-electron chi connectivity index (χ2n) is 4.93. The van der Waals surface area contributed by atoms with Crippen molar-refractivity contribution in [2.75, 3.05) is 5.32 Å². The van der Waals surface area contributed by atoms with E-state index in [1.54, 1.807) is 12.1 Å². The first-order valence-electron chi connectivity index (χ1n) is 6.80. The summed E-state index contributed by atoms with van der Waals surface area (Å²) in [6.45, 7) is 3.23. The Labute approximate surface area is 125 Å². The van der Waals surface area contributed by atoms with E-state index in [1.807, 2.05) is 19.1 Å². The molecule has 2 rings (SSSR count). The highest BCUT2D eigenvalue weighted by Crippen LogP contribution is 2.28. The highest BCUT2D eigenvalue weighted by atomic mass is 19.4. The molecule has 0 aliphatic heterocycles. The van der Waals surface area contributed by atoms with Gasteiger partial charge in [-0.15, -0.1) is 0 Å². The van der Waals surface area contributed by atoms with Gasteiger partial charge in [-0.25, -0.2) is 0 Å². The molecule has 1 heterocycles. The molecule has 0 saturated heterocycles. The number of hydrogen-bond acceptors (Lipinski definition) is 2. The lowest BCUT2D eigenvalue weighted by molar-refractivity contribution is -0.141. The number of nitrogens with one attached hydrogen (secondary N) is 1. The molecule has 0 aliphatic carbocycles. The summed E-state index contributed by atoms with van der Waals surface area (Å²) in [6, 6.07) is 8.21. The van der Waals surface area contributed by atoms with Crippen molar-refractivity contribution < 1.29 is 18.0 Å². The molecule has 0 spiro atoms. The van der Waals surface area contributed by atoms with Gasteiger partial charge in [-0.05, 0) is 37.1 Å². The quantitative estimate of drug-likeness (QED) is 0.940. The first kappa shape index (κ1) is 16.1. The van der Waals surface area contributed by atoms with Crippen molar-refractivity contribution in [2.45, 2.75) is 33.0 Å². The second kappa shape index (κ2) is 6.21. The molecule has 0 aliphatic rings.